The van der Waals surface area contributed by atoms with Crippen LogP contribution in [0.1, 0.15) is 20.3 Å². The lowest BCUT2D eigenvalue weighted by Crippen LogP contribution is -2.47. The highest BCUT2D eigenvalue weighted by molar-refractivity contribution is 5.82. The molecular weight excluding hydrogens is 166 g/mol. The molecule has 0 radical (unpaired) electrons. The molecule has 0 aliphatic carbocycles. The number of rotatable bonds is 2. The number of ether oxygens (including phenoxy) is 1. The van der Waals surface area contributed by atoms with Gasteiger partial charge in [0.15, 0.2) is 0 Å². The second-order valence-corrected chi connectivity index (χ2v) is 3.65. The van der Waals surface area contributed by atoms with Crippen molar-refractivity contribution < 1.29 is 4.74 Å². The standard InChI is InChI=1S/C9H19N3O/c1-7-6-13-5-3-4-12(7)8(2)9(10)11/h7-8H,3-6H2,1-2H3,(H3,10,11). The van der Waals surface area contributed by atoms with Crippen molar-refractivity contribution in [1.82, 2.24) is 4.90 Å². The molecule has 0 aromatic carbocycles. The Labute approximate surface area is 79.6 Å². The van der Waals surface area contributed by atoms with Crippen molar-refractivity contribution in [2.45, 2.75) is 32.4 Å². The number of amidine groups is 1. The van der Waals surface area contributed by atoms with Crippen LogP contribution in [0.3, 0.4) is 0 Å². The molecule has 0 aromatic heterocycles. The minimum absolute atomic E-state index is 0.0386. The van der Waals surface area contributed by atoms with Crippen LogP contribution in [0, 0.1) is 5.41 Å². The fraction of sp³-hybridized carbons (Fsp3) is 0.889. The molecular formula is C9H19N3O. The summed E-state index contributed by atoms with van der Waals surface area (Å²) in [6, 6.07) is 0.401. The van der Waals surface area contributed by atoms with Crippen LogP contribution < -0.4 is 5.73 Å². The van der Waals surface area contributed by atoms with Gasteiger partial charge in [0.1, 0.15) is 5.84 Å². The zero-order valence-corrected chi connectivity index (χ0v) is 8.42. The van der Waals surface area contributed by atoms with Crippen LogP contribution in [0.5, 0.6) is 0 Å². The monoisotopic (exact) mass is 185 g/mol. The molecule has 0 aromatic rings. The second-order valence-electron chi connectivity index (χ2n) is 3.65. The van der Waals surface area contributed by atoms with E-state index in [1.54, 1.807) is 0 Å². The topological polar surface area (TPSA) is 62.3 Å². The summed E-state index contributed by atoms with van der Waals surface area (Å²) in [5, 5.41) is 7.39. The smallest absolute Gasteiger partial charge is 0.108 e. The van der Waals surface area contributed by atoms with Crippen molar-refractivity contribution >= 4 is 5.84 Å². The van der Waals surface area contributed by atoms with Gasteiger partial charge in [-0.3, -0.25) is 10.3 Å². The summed E-state index contributed by atoms with van der Waals surface area (Å²) in [4.78, 5) is 2.23. The van der Waals surface area contributed by atoms with Crippen LogP contribution in [0.2, 0.25) is 0 Å². The predicted octanol–water partition coefficient (Wildman–Crippen LogP) is 0.422. The van der Waals surface area contributed by atoms with Crippen LogP contribution in [0.15, 0.2) is 0 Å². The summed E-state index contributed by atoms with van der Waals surface area (Å²) in [5.41, 5.74) is 5.48. The van der Waals surface area contributed by atoms with Gasteiger partial charge >= 0.3 is 0 Å². The lowest BCUT2D eigenvalue weighted by molar-refractivity contribution is 0.103. The fourth-order valence-electron chi connectivity index (χ4n) is 1.67. The predicted molar refractivity (Wildman–Crippen MR) is 53.0 cm³/mol. The van der Waals surface area contributed by atoms with Gasteiger partial charge in [0.05, 0.1) is 12.6 Å². The van der Waals surface area contributed by atoms with E-state index in [9.17, 15) is 0 Å². The highest BCUT2D eigenvalue weighted by Gasteiger charge is 2.23. The summed E-state index contributed by atoms with van der Waals surface area (Å²) in [6.07, 6.45) is 1.03. The van der Waals surface area contributed by atoms with Crippen LogP contribution in [0.4, 0.5) is 0 Å². The number of hydrogen-bond donors (Lipinski definition) is 2. The minimum Gasteiger partial charge on any atom is -0.386 e. The van der Waals surface area contributed by atoms with Gasteiger partial charge in [0.2, 0.25) is 0 Å². The molecule has 1 heterocycles. The van der Waals surface area contributed by atoms with E-state index in [1.165, 1.54) is 0 Å². The van der Waals surface area contributed by atoms with Crippen LogP contribution in [-0.2, 0) is 4.74 Å². The van der Waals surface area contributed by atoms with E-state index >= 15 is 0 Å². The summed E-state index contributed by atoms with van der Waals surface area (Å²) in [5.74, 6) is 0.244. The molecule has 13 heavy (non-hydrogen) atoms. The Kier molecular flexibility index (Phi) is 3.69. The van der Waals surface area contributed by atoms with E-state index in [1.807, 2.05) is 6.92 Å². The number of nitrogens with zero attached hydrogens (tertiary/aromatic N) is 1. The molecule has 1 rings (SSSR count). The maximum absolute atomic E-state index is 7.39. The number of nitrogens with two attached hydrogens (primary N) is 1. The molecule has 1 aliphatic heterocycles. The molecule has 0 spiro atoms. The van der Waals surface area contributed by atoms with E-state index in [-0.39, 0.29) is 11.9 Å². The lowest BCUT2D eigenvalue weighted by atomic mass is 10.2. The third-order valence-electron chi connectivity index (χ3n) is 2.58. The van der Waals surface area contributed by atoms with Gasteiger partial charge in [-0.2, -0.15) is 0 Å². The molecule has 76 valence electrons. The Hall–Kier alpha value is -0.610. The van der Waals surface area contributed by atoms with Gasteiger partial charge in [-0.25, -0.2) is 0 Å². The van der Waals surface area contributed by atoms with Gasteiger partial charge in [0, 0.05) is 19.2 Å². The first-order valence-electron chi connectivity index (χ1n) is 4.80. The van der Waals surface area contributed by atoms with Crippen LogP contribution >= 0.6 is 0 Å². The maximum atomic E-state index is 7.39. The van der Waals surface area contributed by atoms with Crippen molar-refractivity contribution in [3.8, 4) is 0 Å². The quantitative estimate of drug-likeness (QED) is 0.484. The second kappa shape index (κ2) is 4.58. The molecule has 1 saturated heterocycles. The van der Waals surface area contributed by atoms with E-state index < -0.39 is 0 Å². The Morgan fingerprint density at radius 2 is 2.38 bits per heavy atom. The third-order valence-corrected chi connectivity index (χ3v) is 2.58. The first-order valence-corrected chi connectivity index (χ1v) is 4.80. The van der Waals surface area contributed by atoms with Crippen molar-refractivity contribution in [1.29, 1.82) is 5.41 Å². The van der Waals surface area contributed by atoms with Gasteiger partial charge in [0.25, 0.3) is 0 Å². The molecule has 4 nitrogen and oxygen atoms in total. The summed E-state index contributed by atoms with van der Waals surface area (Å²) >= 11 is 0. The number of hydrogen-bond acceptors (Lipinski definition) is 3. The zero-order chi connectivity index (χ0) is 9.84. The van der Waals surface area contributed by atoms with Crippen molar-refractivity contribution in [2.75, 3.05) is 19.8 Å². The van der Waals surface area contributed by atoms with Crippen LogP contribution in [0.25, 0.3) is 0 Å². The molecule has 2 unspecified atom stereocenters. The summed E-state index contributed by atoms with van der Waals surface area (Å²) in [6.45, 7) is 6.64. The largest absolute Gasteiger partial charge is 0.386 e. The Balaban J connectivity index is 2.58. The van der Waals surface area contributed by atoms with E-state index in [0.717, 1.165) is 26.2 Å². The maximum Gasteiger partial charge on any atom is 0.108 e. The van der Waals surface area contributed by atoms with Gasteiger partial charge in [-0.1, -0.05) is 0 Å². The highest BCUT2D eigenvalue weighted by atomic mass is 16.5. The molecule has 3 N–H and O–H groups in total. The first kappa shape index (κ1) is 10.5. The third kappa shape index (κ3) is 2.67. The average molecular weight is 185 g/mol. The molecule has 4 heteroatoms. The Morgan fingerprint density at radius 3 is 3.00 bits per heavy atom. The van der Waals surface area contributed by atoms with E-state index in [4.69, 9.17) is 15.9 Å². The summed E-state index contributed by atoms with van der Waals surface area (Å²) in [7, 11) is 0. The minimum atomic E-state index is 0.0386. The summed E-state index contributed by atoms with van der Waals surface area (Å²) < 4.78 is 5.41. The first-order chi connectivity index (χ1) is 6.13. The Morgan fingerprint density at radius 1 is 1.69 bits per heavy atom. The van der Waals surface area contributed by atoms with Crippen LogP contribution in [-0.4, -0.2) is 42.6 Å². The van der Waals surface area contributed by atoms with Gasteiger partial charge < -0.3 is 10.5 Å². The molecule has 0 amide bonds. The normalized spacial score (nSPS) is 28.0. The van der Waals surface area contributed by atoms with E-state index in [2.05, 4.69) is 11.8 Å². The SMILES string of the molecule is CC1COCCCN1C(C)C(=N)N. The zero-order valence-electron chi connectivity index (χ0n) is 8.42. The molecule has 1 aliphatic rings. The highest BCUT2D eigenvalue weighted by Crippen LogP contribution is 2.10. The lowest BCUT2D eigenvalue weighted by Gasteiger charge is -2.31. The molecule has 2 atom stereocenters. The molecule has 0 saturated carbocycles. The Bertz CT molecular complexity index is 184. The van der Waals surface area contributed by atoms with Crippen molar-refractivity contribution in [2.24, 2.45) is 5.73 Å². The molecule has 0 bridgehead atoms. The van der Waals surface area contributed by atoms with Crippen molar-refractivity contribution in [3.05, 3.63) is 0 Å². The fourth-order valence-corrected chi connectivity index (χ4v) is 1.67. The number of nitrogens with one attached hydrogen (secondary N) is 1. The average Bonchev–Trinajstić information content (AvgIpc) is 2.28. The van der Waals surface area contributed by atoms with Gasteiger partial charge in [-0.05, 0) is 20.3 Å². The van der Waals surface area contributed by atoms with E-state index in [0.29, 0.717) is 6.04 Å². The van der Waals surface area contributed by atoms with Gasteiger partial charge in [-0.15, -0.1) is 0 Å². The molecule has 1 fully saturated rings. The van der Waals surface area contributed by atoms with Crippen molar-refractivity contribution in [3.63, 3.8) is 0 Å².